The molecule has 0 radical (unpaired) electrons. The van der Waals surface area contributed by atoms with Crippen LogP contribution in [-0.4, -0.2) is 36.8 Å². The number of carbonyl (C=O) groups excluding carboxylic acids is 1. The molecular formula is C21H24N4O7S. The van der Waals surface area contributed by atoms with Crippen molar-refractivity contribution in [3.63, 3.8) is 0 Å². The zero-order valence-corrected chi connectivity index (χ0v) is 18.8. The van der Waals surface area contributed by atoms with E-state index in [0.29, 0.717) is 6.42 Å². The topological polar surface area (TPSA) is 162 Å². The zero-order valence-electron chi connectivity index (χ0n) is 17.9. The first kappa shape index (κ1) is 24.3. The van der Waals surface area contributed by atoms with Crippen LogP contribution in [0.25, 0.3) is 0 Å². The van der Waals surface area contributed by atoms with Crippen LogP contribution in [-0.2, 0) is 16.4 Å². The van der Waals surface area contributed by atoms with Gasteiger partial charge in [-0.15, -0.1) is 0 Å². The second-order valence-corrected chi connectivity index (χ2v) is 9.62. The van der Waals surface area contributed by atoms with Crippen LogP contribution in [0.4, 0.5) is 11.4 Å². The fourth-order valence-electron chi connectivity index (χ4n) is 3.78. The van der Waals surface area contributed by atoms with E-state index in [4.69, 9.17) is 0 Å². The predicted octanol–water partition coefficient (Wildman–Crippen LogP) is 3.00. The number of sulfonamides is 1. The number of hydrogen-bond donors (Lipinski definition) is 2. The van der Waals surface area contributed by atoms with Crippen molar-refractivity contribution in [3.8, 4) is 0 Å². The minimum absolute atomic E-state index is 0.0293. The van der Waals surface area contributed by atoms with Crippen LogP contribution < -0.4 is 10.0 Å². The van der Waals surface area contributed by atoms with Crippen LogP contribution in [0.2, 0.25) is 0 Å². The predicted molar refractivity (Wildman–Crippen MR) is 120 cm³/mol. The summed E-state index contributed by atoms with van der Waals surface area (Å²) in [4.78, 5) is 33.4. The fraction of sp³-hybridized carbons (Fsp3) is 0.381. The third-order valence-corrected chi connectivity index (χ3v) is 7.15. The Kier molecular flexibility index (Phi) is 7.39. The van der Waals surface area contributed by atoms with Gasteiger partial charge in [-0.1, -0.05) is 25.0 Å². The Morgan fingerprint density at radius 1 is 1.03 bits per heavy atom. The van der Waals surface area contributed by atoms with Crippen LogP contribution in [0, 0.1) is 27.2 Å². The van der Waals surface area contributed by atoms with Crippen LogP contribution in [0.5, 0.6) is 0 Å². The van der Waals surface area contributed by atoms with E-state index >= 15 is 0 Å². The molecule has 0 spiro atoms. The van der Waals surface area contributed by atoms with Crippen molar-refractivity contribution in [3.05, 3.63) is 73.3 Å². The summed E-state index contributed by atoms with van der Waals surface area (Å²) in [5.74, 6) is -0.679. The molecule has 176 valence electrons. The molecule has 0 heterocycles. The Morgan fingerprint density at radius 3 is 2.09 bits per heavy atom. The number of nitrogens with zero attached hydrogens (tertiary/aromatic N) is 2. The smallest absolute Gasteiger partial charge is 0.279 e. The van der Waals surface area contributed by atoms with Crippen LogP contribution in [0.1, 0.15) is 47.2 Å². The third kappa shape index (κ3) is 5.90. The van der Waals surface area contributed by atoms with Crippen molar-refractivity contribution in [2.24, 2.45) is 0 Å². The Balaban J connectivity index is 1.62. The quantitative estimate of drug-likeness (QED) is 0.415. The van der Waals surface area contributed by atoms with Gasteiger partial charge >= 0.3 is 0 Å². The molecule has 2 N–H and O–H groups in total. The molecule has 1 saturated carbocycles. The largest absolute Gasteiger partial charge is 0.352 e. The van der Waals surface area contributed by atoms with Gasteiger partial charge in [-0.3, -0.25) is 25.0 Å². The molecule has 3 rings (SSSR count). The van der Waals surface area contributed by atoms with Gasteiger partial charge in [0.25, 0.3) is 17.3 Å². The number of nitro groups is 2. The molecule has 0 unspecified atom stereocenters. The van der Waals surface area contributed by atoms with Crippen molar-refractivity contribution in [1.82, 2.24) is 10.0 Å². The number of nitro benzene ring substituents is 2. The van der Waals surface area contributed by atoms with Gasteiger partial charge in [0.1, 0.15) is 5.56 Å². The van der Waals surface area contributed by atoms with Gasteiger partial charge in [0.2, 0.25) is 10.0 Å². The Bertz CT molecular complexity index is 1140. The molecule has 1 aliphatic carbocycles. The first-order chi connectivity index (χ1) is 15.6. The highest BCUT2D eigenvalue weighted by Gasteiger charge is 2.25. The summed E-state index contributed by atoms with van der Waals surface area (Å²) in [7, 11) is -3.59. The number of benzene rings is 2. The van der Waals surface area contributed by atoms with E-state index in [0.717, 1.165) is 43.4 Å². The van der Waals surface area contributed by atoms with E-state index in [2.05, 4.69) is 10.0 Å². The Hall–Kier alpha value is -3.38. The lowest BCUT2D eigenvalue weighted by molar-refractivity contribution is -0.395. The lowest BCUT2D eigenvalue weighted by atomic mass is 10.1. The molecule has 0 aromatic heterocycles. The number of rotatable bonds is 9. The van der Waals surface area contributed by atoms with Crippen molar-refractivity contribution >= 4 is 27.3 Å². The van der Waals surface area contributed by atoms with Crippen molar-refractivity contribution in [2.45, 2.75) is 50.0 Å². The van der Waals surface area contributed by atoms with E-state index in [9.17, 15) is 33.4 Å². The van der Waals surface area contributed by atoms with Gasteiger partial charge in [-0.05, 0) is 43.9 Å². The van der Waals surface area contributed by atoms with Gasteiger partial charge in [-0.2, -0.15) is 0 Å². The molecule has 2 aromatic rings. The lowest BCUT2D eigenvalue weighted by Gasteiger charge is -2.13. The molecule has 1 aliphatic rings. The first-order valence-corrected chi connectivity index (χ1v) is 11.9. The lowest BCUT2D eigenvalue weighted by Crippen LogP contribution is -2.32. The average molecular weight is 477 g/mol. The summed E-state index contributed by atoms with van der Waals surface area (Å²) in [5.41, 5.74) is -0.539. The van der Waals surface area contributed by atoms with Crippen molar-refractivity contribution < 1.29 is 23.1 Å². The van der Waals surface area contributed by atoms with Crippen molar-refractivity contribution in [1.29, 1.82) is 0 Å². The fourth-order valence-corrected chi connectivity index (χ4v) is 5.09. The monoisotopic (exact) mass is 476 g/mol. The van der Waals surface area contributed by atoms with Gasteiger partial charge in [0, 0.05) is 24.7 Å². The third-order valence-electron chi connectivity index (χ3n) is 5.62. The highest BCUT2D eigenvalue weighted by atomic mass is 32.2. The maximum Gasteiger partial charge on any atom is 0.279 e. The Labute approximate surface area is 190 Å². The molecular weight excluding hydrogens is 452 g/mol. The highest BCUT2D eigenvalue weighted by Crippen LogP contribution is 2.29. The summed E-state index contributed by atoms with van der Waals surface area (Å²) in [5, 5.41) is 24.9. The number of hydrogen-bond acceptors (Lipinski definition) is 7. The van der Waals surface area contributed by atoms with E-state index in [1.807, 2.05) is 0 Å². The standard InChI is InChI=1S/C21H24N4O7S/c1-14-19(24(27)28)12-16(13-20(14)25(29)30)21(26)22-11-10-15-6-8-18(9-7-15)33(31,32)23-17-4-2-3-5-17/h6-9,12-13,17,23H,2-5,10-11H2,1H3,(H,22,26). The van der Waals surface area contributed by atoms with E-state index in [1.54, 1.807) is 12.1 Å². The highest BCUT2D eigenvalue weighted by molar-refractivity contribution is 7.89. The summed E-state index contributed by atoms with van der Waals surface area (Å²) in [6, 6.07) is 8.29. The molecule has 0 aliphatic heterocycles. The normalized spacial score (nSPS) is 14.2. The minimum atomic E-state index is -3.59. The molecule has 0 saturated heterocycles. The maximum atomic E-state index is 12.5. The molecule has 2 aromatic carbocycles. The van der Waals surface area contributed by atoms with Gasteiger partial charge < -0.3 is 5.32 Å². The maximum absolute atomic E-state index is 12.5. The van der Waals surface area contributed by atoms with Crippen LogP contribution in [0.3, 0.4) is 0 Å². The van der Waals surface area contributed by atoms with Gasteiger partial charge in [0.15, 0.2) is 0 Å². The molecule has 33 heavy (non-hydrogen) atoms. The minimum Gasteiger partial charge on any atom is -0.352 e. The zero-order chi connectivity index (χ0) is 24.2. The first-order valence-electron chi connectivity index (χ1n) is 10.4. The van der Waals surface area contributed by atoms with Gasteiger partial charge in [0.05, 0.1) is 20.3 Å². The van der Waals surface area contributed by atoms with E-state index < -0.39 is 37.2 Å². The second-order valence-electron chi connectivity index (χ2n) is 7.91. The summed E-state index contributed by atoms with van der Waals surface area (Å²) in [6.07, 6.45) is 4.08. The number of nitrogens with one attached hydrogen (secondary N) is 2. The summed E-state index contributed by atoms with van der Waals surface area (Å²) >= 11 is 0. The Morgan fingerprint density at radius 2 is 1.58 bits per heavy atom. The van der Waals surface area contributed by atoms with Gasteiger partial charge in [-0.25, -0.2) is 13.1 Å². The summed E-state index contributed by atoms with van der Waals surface area (Å²) in [6.45, 7) is 1.41. The number of carbonyl (C=O) groups is 1. The van der Waals surface area contributed by atoms with Crippen LogP contribution in [0.15, 0.2) is 41.3 Å². The number of amides is 1. The average Bonchev–Trinajstić information content (AvgIpc) is 3.26. The molecule has 0 bridgehead atoms. The SMILES string of the molecule is Cc1c([N+](=O)[O-])cc(C(=O)NCCc2ccc(S(=O)(=O)NC3CCCC3)cc2)cc1[N+](=O)[O-]. The van der Waals surface area contributed by atoms with E-state index in [1.165, 1.54) is 19.1 Å². The molecule has 1 fully saturated rings. The summed E-state index contributed by atoms with van der Waals surface area (Å²) < 4.78 is 27.7. The molecule has 11 nitrogen and oxygen atoms in total. The second kappa shape index (κ2) is 10.0. The van der Waals surface area contributed by atoms with Crippen molar-refractivity contribution in [2.75, 3.05) is 6.54 Å². The van der Waals surface area contributed by atoms with Crippen LogP contribution >= 0.6 is 0 Å². The molecule has 12 heteroatoms. The molecule has 0 atom stereocenters. The van der Waals surface area contributed by atoms with E-state index in [-0.39, 0.29) is 28.6 Å². The molecule has 1 amide bonds.